The minimum absolute atomic E-state index is 0.102. The second-order valence-corrected chi connectivity index (χ2v) is 5.85. The predicted octanol–water partition coefficient (Wildman–Crippen LogP) is 2.81. The van der Waals surface area contributed by atoms with Crippen molar-refractivity contribution in [1.82, 2.24) is 0 Å². The van der Waals surface area contributed by atoms with Crippen LogP contribution in [-0.4, -0.2) is 24.9 Å². The van der Waals surface area contributed by atoms with Crippen molar-refractivity contribution >= 4 is 15.9 Å². The molecule has 0 aliphatic rings. The van der Waals surface area contributed by atoms with Crippen LogP contribution >= 0.6 is 15.9 Å². The summed E-state index contributed by atoms with van der Waals surface area (Å²) in [5, 5.41) is 9.54. The first-order valence-electron chi connectivity index (χ1n) is 6.23. The summed E-state index contributed by atoms with van der Waals surface area (Å²) >= 11 is 3.38. The molecule has 0 aliphatic carbocycles. The van der Waals surface area contributed by atoms with Crippen molar-refractivity contribution in [1.29, 1.82) is 0 Å². The van der Waals surface area contributed by atoms with Crippen molar-refractivity contribution in [3.63, 3.8) is 0 Å². The molecule has 3 nitrogen and oxygen atoms in total. The number of nitrogens with two attached hydrogens (primary N) is 1. The number of hydrogen-bond donors (Lipinski definition) is 2. The molecule has 1 atom stereocenters. The predicted molar refractivity (Wildman–Crippen MR) is 77.7 cm³/mol. The van der Waals surface area contributed by atoms with E-state index < -0.39 is 0 Å². The molecule has 0 bridgehead atoms. The smallest absolute Gasteiger partial charge is 0.119 e. The summed E-state index contributed by atoms with van der Waals surface area (Å²) in [5.41, 5.74) is 5.56. The van der Waals surface area contributed by atoms with E-state index in [0.29, 0.717) is 19.1 Å². The highest BCUT2D eigenvalue weighted by atomic mass is 79.9. The topological polar surface area (TPSA) is 55.5 Å². The third kappa shape index (κ3) is 3.97. The van der Waals surface area contributed by atoms with Gasteiger partial charge in [0.1, 0.15) is 5.75 Å². The summed E-state index contributed by atoms with van der Waals surface area (Å²) < 4.78 is 6.71. The van der Waals surface area contributed by atoms with Crippen molar-refractivity contribution in [2.45, 2.75) is 20.3 Å². The molecular formula is C14H22BrNO2. The summed E-state index contributed by atoms with van der Waals surface area (Å²) in [5.74, 6) is 1.17. The monoisotopic (exact) mass is 315 g/mol. The molecule has 3 N–H and O–H groups in total. The molecule has 1 unspecified atom stereocenters. The van der Waals surface area contributed by atoms with Gasteiger partial charge in [0.05, 0.1) is 13.2 Å². The van der Waals surface area contributed by atoms with Gasteiger partial charge in [-0.25, -0.2) is 0 Å². The molecule has 0 saturated heterocycles. The van der Waals surface area contributed by atoms with E-state index in [1.807, 2.05) is 24.3 Å². The van der Waals surface area contributed by atoms with Gasteiger partial charge in [0.15, 0.2) is 0 Å². The molecule has 0 spiro atoms. The van der Waals surface area contributed by atoms with Gasteiger partial charge in [-0.3, -0.25) is 0 Å². The molecule has 0 heterocycles. The van der Waals surface area contributed by atoms with Gasteiger partial charge in [-0.2, -0.15) is 0 Å². The van der Waals surface area contributed by atoms with E-state index in [-0.39, 0.29) is 12.0 Å². The Balaban J connectivity index is 2.51. The number of aliphatic hydroxyl groups excluding tert-OH is 1. The molecule has 0 saturated carbocycles. The van der Waals surface area contributed by atoms with Gasteiger partial charge in [0, 0.05) is 16.4 Å². The quantitative estimate of drug-likeness (QED) is 0.813. The van der Waals surface area contributed by atoms with E-state index in [2.05, 4.69) is 29.8 Å². The van der Waals surface area contributed by atoms with Crippen LogP contribution in [0.15, 0.2) is 28.7 Å². The van der Waals surface area contributed by atoms with Crippen molar-refractivity contribution in [2.24, 2.45) is 17.1 Å². The van der Waals surface area contributed by atoms with Crippen molar-refractivity contribution < 1.29 is 9.84 Å². The van der Waals surface area contributed by atoms with Crippen LogP contribution in [0.4, 0.5) is 0 Å². The number of aliphatic hydroxyl groups is 1. The highest BCUT2D eigenvalue weighted by Gasteiger charge is 2.31. The summed E-state index contributed by atoms with van der Waals surface area (Å²) in [6.07, 6.45) is 0.758. The van der Waals surface area contributed by atoms with Crippen LogP contribution in [-0.2, 0) is 0 Å². The van der Waals surface area contributed by atoms with Gasteiger partial charge in [0.2, 0.25) is 0 Å². The Labute approximate surface area is 117 Å². The number of benzene rings is 1. The summed E-state index contributed by atoms with van der Waals surface area (Å²) in [4.78, 5) is 0. The second kappa shape index (κ2) is 7.12. The molecule has 18 heavy (non-hydrogen) atoms. The summed E-state index contributed by atoms with van der Waals surface area (Å²) in [6, 6.07) is 7.73. The van der Waals surface area contributed by atoms with Gasteiger partial charge in [-0.05, 0) is 36.6 Å². The fourth-order valence-corrected chi connectivity index (χ4v) is 2.12. The maximum absolute atomic E-state index is 9.54. The Morgan fingerprint density at radius 3 is 2.39 bits per heavy atom. The van der Waals surface area contributed by atoms with Gasteiger partial charge in [-0.1, -0.05) is 29.8 Å². The Kier molecular flexibility index (Phi) is 6.12. The number of rotatable bonds is 7. The second-order valence-electron chi connectivity index (χ2n) is 4.93. The van der Waals surface area contributed by atoms with E-state index in [0.717, 1.165) is 16.6 Å². The molecule has 0 aromatic heterocycles. The Bertz CT molecular complexity index is 347. The molecule has 0 fully saturated rings. The lowest BCUT2D eigenvalue weighted by Gasteiger charge is -2.34. The maximum atomic E-state index is 9.54. The minimum Gasteiger partial charge on any atom is -0.494 e. The Hall–Kier alpha value is -0.580. The van der Waals surface area contributed by atoms with Crippen molar-refractivity contribution in [3.05, 3.63) is 28.7 Å². The molecule has 1 rings (SSSR count). The van der Waals surface area contributed by atoms with Crippen LogP contribution < -0.4 is 10.5 Å². The number of hydrogen-bond acceptors (Lipinski definition) is 3. The van der Waals surface area contributed by atoms with Crippen LogP contribution in [0.25, 0.3) is 0 Å². The molecule has 0 amide bonds. The molecular weight excluding hydrogens is 294 g/mol. The lowest BCUT2D eigenvalue weighted by atomic mass is 9.75. The first kappa shape index (κ1) is 15.5. The lowest BCUT2D eigenvalue weighted by Crippen LogP contribution is -2.40. The van der Waals surface area contributed by atoms with Gasteiger partial charge in [0.25, 0.3) is 0 Å². The van der Waals surface area contributed by atoms with Crippen LogP contribution in [0.3, 0.4) is 0 Å². The van der Waals surface area contributed by atoms with E-state index in [4.69, 9.17) is 10.5 Å². The first-order valence-corrected chi connectivity index (χ1v) is 7.02. The molecule has 1 aromatic rings. The average Bonchev–Trinajstić information content (AvgIpc) is 2.37. The van der Waals surface area contributed by atoms with Crippen LogP contribution in [0.2, 0.25) is 0 Å². The lowest BCUT2D eigenvalue weighted by molar-refractivity contribution is 0.0596. The third-order valence-corrected chi connectivity index (χ3v) is 4.16. The molecule has 102 valence electrons. The van der Waals surface area contributed by atoms with E-state index in [1.54, 1.807) is 0 Å². The normalized spacial score (nSPS) is 14.6. The van der Waals surface area contributed by atoms with Gasteiger partial charge < -0.3 is 15.6 Å². The molecule has 1 aromatic carbocycles. The fourth-order valence-electron chi connectivity index (χ4n) is 1.86. The SMILES string of the molecule is CC(C)C(CN)(CO)CCOc1ccc(Br)cc1. The highest BCUT2D eigenvalue weighted by Crippen LogP contribution is 2.30. The van der Waals surface area contributed by atoms with E-state index in [9.17, 15) is 5.11 Å². The van der Waals surface area contributed by atoms with E-state index in [1.165, 1.54) is 0 Å². The summed E-state index contributed by atoms with van der Waals surface area (Å²) in [6.45, 7) is 5.32. The average molecular weight is 316 g/mol. The molecule has 0 radical (unpaired) electrons. The van der Waals surface area contributed by atoms with Crippen molar-refractivity contribution in [2.75, 3.05) is 19.8 Å². The van der Waals surface area contributed by atoms with Crippen LogP contribution in [0.5, 0.6) is 5.75 Å². The Morgan fingerprint density at radius 2 is 1.94 bits per heavy atom. The zero-order valence-corrected chi connectivity index (χ0v) is 12.6. The summed E-state index contributed by atoms with van der Waals surface area (Å²) in [7, 11) is 0. The largest absolute Gasteiger partial charge is 0.494 e. The molecule has 0 aliphatic heterocycles. The van der Waals surface area contributed by atoms with E-state index >= 15 is 0 Å². The number of halogens is 1. The third-order valence-electron chi connectivity index (χ3n) is 3.63. The van der Waals surface area contributed by atoms with Crippen molar-refractivity contribution in [3.8, 4) is 5.75 Å². The standard InChI is InChI=1S/C14H22BrNO2/c1-11(2)14(9-16,10-17)7-8-18-13-5-3-12(15)4-6-13/h3-6,11,17H,7-10,16H2,1-2H3. The zero-order valence-electron chi connectivity index (χ0n) is 11.0. The highest BCUT2D eigenvalue weighted by molar-refractivity contribution is 9.10. The van der Waals surface area contributed by atoms with Gasteiger partial charge in [-0.15, -0.1) is 0 Å². The minimum atomic E-state index is -0.241. The van der Waals surface area contributed by atoms with Gasteiger partial charge >= 0.3 is 0 Å². The van der Waals surface area contributed by atoms with Crippen LogP contribution in [0.1, 0.15) is 20.3 Å². The molecule has 4 heteroatoms. The zero-order chi connectivity index (χ0) is 13.6. The van der Waals surface area contributed by atoms with Crippen LogP contribution in [0, 0.1) is 11.3 Å². The first-order chi connectivity index (χ1) is 8.54. The Morgan fingerprint density at radius 1 is 1.33 bits per heavy atom. The maximum Gasteiger partial charge on any atom is 0.119 e. The number of ether oxygens (including phenoxy) is 1. The fraction of sp³-hybridized carbons (Fsp3) is 0.571.